The molecule has 0 N–H and O–H groups in total. The van der Waals surface area contributed by atoms with E-state index < -0.39 is 0 Å². The summed E-state index contributed by atoms with van der Waals surface area (Å²) in [4.78, 5) is 16.4. The topological polar surface area (TPSA) is 38.7 Å². The van der Waals surface area contributed by atoms with Crippen LogP contribution in [0.3, 0.4) is 0 Å². The van der Waals surface area contributed by atoms with Gasteiger partial charge < -0.3 is 4.74 Å². The second-order valence-electron chi connectivity index (χ2n) is 7.22. The normalized spacial score (nSPS) is 21.3. The van der Waals surface area contributed by atoms with Gasteiger partial charge in [0.2, 0.25) is 5.90 Å². The standard InChI is InChI=1S/C19H23NO2/c1-19(2,3)15-10-8-13(9-11-15)12-16-18(21)22-17(20-16)14-6-4-5-7-14/h8-12,14H,4-7H2,1-3H3/b16-12+. The number of hydrogen-bond acceptors (Lipinski definition) is 3. The molecule has 116 valence electrons. The number of rotatable bonds is 2. The van der Waals surface area contributed by atoms with Crippen molar-refractivity contribution in [1.82, 2.24) is 0 Å². The van der Waals surface area contributed by atoms with Gasteiger partial charge in [0.1, 0.15) is 0 Å². The lowest BCUT2D eigenvalue weighted by atomic mass is 9.87. The van der Waals surface area contributed by atoms with Gasteiger partial charge in [0.05, 0.1) is 0 Å². The maximum absolute atomic E-state index is 12.0. The molecule has 0 unspecified atom stereocenters. The van der Waals surface area contributed by atoms with Gasteiger partial charge in [-0.05, 0) is 35.5 Å². The average Bonchev–Trinajstić information content (AvgIpc) is 3.09. The lowest BCUT2D eigenvalue weighted by Crippen LogP contribution is -2.12. The number of esters is 1. The summed E-state index contributed by atoms with van der Waals surface area (Å²) in [6.45, 7) is 6.56. The van der Waals surface area contributed by atoms with Gasteiger partial charge in [0.25, 0.3) is 0 Å². The molecule has 0 atom stereocenters. The molecule has 0 spiro atoms. The lowest BCUT2D eigenvalue weighted by molar-refractivity contribution is -0.130. The molecule has 0 bridgehead atoms. The van der Waals surface area contributed by atoms with E-state index in [0.29, 0.717) is 17.5 Å². The van der Waals surface area contributed by atoms with Gasteiger partial charge in [-0.1, -0.05) is 57.9 Å². The third-order valence-electron chi connectivity index (χ3n) is 4.42. The van der Waals surface area contributed by atoms with Crippen molar-refractivity contribution in [3.63, 3.8) is 0 Å². The molecule has 1 aliphatic heterocycles. The molecule has 3 nitrogen and oxygen atoms in total. The van der Waals surface area contributed by atoms with E-state index in [9.17, 15) is 4.79 Å². The van der Waals surface area contributed by atoms with Crippen molar-refractivity contribution in [2.75, 3.05) is 0 Å². The predicted molar refractivity (Wildman–Crippen MR) is 88.6 cm³/mol. The van der Waals surface area contributed by atoms with Gasteiger partial charge in [-0.2, -0.15) is 0 Å². The fourth-order valence-corrected chi connectivity index (χ4v) is 3.01. The Bertz CT molecular complexity index is 626. The molecule has 3 rings (SSSR count). The molecule has 2 aliphatic rings. The largest absolute Gasteiger partial charge is 0.406 e. The SMILES string of the molecule is CC(C)(C)c1ccc(/C=C2/N=C(C3CCCC3)OC2=O)cc1. The van der Waals surface area contributed by atoms with E-state index in [2.05, 4.69) is 37.9 Å². The average molecular weight is 297 g/mol. The number of nitrogens with zero attached hydrogens (tertiary/aromatic N) is 1. The van der Waals surface area contributed by atoms with Crippen molar-refractivity contribution in [3.05, 3.63) is 41.1 Å². The molecule has 1 fully saturated rings. The van der Waals surface area contributed by atoms with Gasteiger partial charge in [-0.15, -0.1) is 0 Å². The zero-order valence-corrected chi connectivity index (χ0v) is 13.6. The van der Waals surface area contributed by atoms with Crippen LogP contribution in [-0.2, 0) is 14.9 Å². The summed E-state index contributed by atoms with van der Waals surface area (Å²) >= 11 is 0. The highest BCUT2D eigenvalue weighted by atomic mass is 16.6. The van der Waals surface area contributed by atoms with Gasteiger partial charge in [0, 0.05) is 5.92 Å². The Morgan fingerprint density at radius 2 is 1.77 bits per heavy atom. The van der Waals surface area contributed by atoms with Crippen LogP contribution in [0.4, 0.5) is 0 Å². The van der Waals surface area contributed by atoms with Crippen molar-refractivity contribution in [2.24, 2.45) is 10.9 Å². The number of benzene rings is 1. The quantitative estimate of drug-likeness (QED) is 0.596. The van der Waals surface area contributed by atoms with E-state index >= 15 is 0 Å². The number of cyclic esters (lactones) is 1. The van der Waals surface area contributed by atoms with Crippen molar-refractivity contribution < 1.29 is 9.53 Å². The van der Waals surface area contributed by atoms with E-state index in [4.69, 9.17) is 4.74 Å². The molecule has 0 radical (unpaired) electrons. The molecule has 1 aromatic rings. The highest BCUT2D eigenvalue weighted by Gasteiger charge is 2.30. The monoisotopic (exact) mass is 297 g/mol. The maximum atomic E-state index is 12.0. The van der Waals surface area contributed by atoms with Gasteiger partial charge in [0.15, 0.2) is 5.70 Å². The summed E-state index contributed by atoms with van der Waals surface area (Å²) in [5, 5.41) is 0. The number of carbonyl (C=O) groups is 1. The van der Waals surface area contributed by atoms with Crippen molar-refractivity contribution in [3.8, 4) is 0 Å². The zero-order valence-electron chi connectivity index (χ0n) is 13.6. The minimum absolute atomic E-state index is 0.131. The van der Waals surface area contributed by atoms with Crippen LogP contribution in [0.5, 0.6) is 0 Å². The van der Waals surface area contributed by atoms with E-state index in [-0.39, 0.29) is 11.4 Å². The highest BCUT2D eigenvalue weighted by Crippen LogP contribution is 2.30. The summed E-state index contributed by atoms with van der Waals surface area (Å²) in [7, 11) is 0. The molecule has 1 saturated carbocycles. The number of hydrogen-bond donors (Lipinski definition) is 0. The Kier molecular flexibility index (Phi) is 3.90. The van der Waals surface area contributed by atoms with Crippen molar-refractivity contribution >= 4 is 17.9 Å². The Morgan fingerprint density at radius 3 is 2.36 bits per heavy atom. The second kappa shape index (κ2) is 5.71. The fraction of sp³-hybridized carbons (Fsp3) is 0.474. The molecule has 0 saturated heterocycles. The number of ether oxygens (including phenoxy) is 1. The summed E-state index contributed by atoms with van der Waals surface area (Å²) < 4.78 is 5.35. The Labute approximate surface area is 132 Å². The van der Waals surface area contributed by atoms with Crippen LogP contribution in [-0.4, -0.2) is 11.9 Å². The molecule has 0 amide bonds. The van der Waals surface area contributed by atoms with Crippen LogP contribution >= 0.6 is 0 Å². The predicted octanol–water partition coefficient (Wildman–Crippen LogP) is 4.47. The van der Waals surface area contributed by atoms with Crippen molar-refractivity contribution in [1.29, 1.82) is 0 Å². The zero-order chi connectivity index (χ0) is 15.7. The lowest BCUT2D eigenvalue weighted by Gasteiger charge is -2.18. The molecule has 22 heavy (non-hydrogen) atoms. The van der Waals surface area contributed by atoms with Crippen LogP contribution in [0.15, 0.2) is 35.0 Å². The van der Waals surface area contributed by atoms with E-state index in [1.54, 1.807) is 0 Å². The van der Waals surface area contributed by atoms with Gasteiger partial charge in [-0.3, -0.25) is 0 Å². The maximum Gasteiger partial charge on any atom is 0.363 e. The fourth-order valence-electron chi connectivity index (χ4n) is 3.01. The van der Waals surface area contributed by atoms with Crippen LogP contribution in [0.2, 0.25) is 0 Å². The Hall–Kier alpha value is -1.90. The third kappa shape index (κ3) is 3.13. The van der Waals surface area contributed by atoms with Crippen LogP contribution in [0, 0.1) is 5.92 Å². The smallest absolute Gasteiger partial charge is 0.363 e. The van der Waals surface area contributed by atoms with Crippen LogP contribution < -0.4 is 0 Å². The summed E-state index contributed by atoms with van der Waals surface area (Å²) in [6, 6.07) is 8.27. The van der Waals surface area contributed by atoms with Gasteiger partial charge in [-0.25, -0.2) is 9.79 Å². The molecule has 1 aliphatic carbocycles. The highest BCUT2D eigenvalue weighted by molar-refractivity contribution is 6.07. The van der Waals surface area contributed by atoms with Crippen molar-refractivity contribution in [2.45, 2.75) is 51.9 Å². The number of aliphatic imine (C=N–C) groups is 1. The van der Waals surface area contributed by atoms with Crippen LogP contribution in [0.25, 0.3) is 6.08 Å². The van der Waals surface area contributed by atoms with E-state index in [1.165, 1.54) is 18.4 Å². The molecular formula is C19H23NO2. The van der Waals surface area contributed by atoms with E-state index in [0.717, 1.165) is 18.4 Å². The first-order chi connectivity index (χ1) is 10.4. The Morgan fingerprint density at radius 1 is 1.14 bits per heavy atom. The molecule has 0 aromatic heterocycles. The number of carbonyl (C=O) groups excluding carboxylic acids is 1. The van der Waals surface area contributed by atoms with E-state index in [1.807, 2.05) is 18.2 Å². The second-order valence-corrected chi connectivity index (χ2v) is 7.22. The summed E-state index contributed by atoms with van der Waals surface area (Å²) in [5.74, 6) is 0.639. The first kappa shape index (κ1) is 15.0. The molecule has 1 aromatic carbocycles. The Balaban J connectivity index is 1.80. The minimum Gasteiger partial charge on any atom is -0.406 e. The third-order valence-corrected chi connectivity index (χ3v) is 4.42. The molecule has 1 heterocycles. The van der Waals surface area contributed by atoms with Crippen LogP contribution in [0.1, 0.15) is 57.6 Å². The molecular weight excluding hydrogens is 274 g/mol. The summed E-state index contributed by atoms with van der Waals surface area (Å²) in [6.07, 6.45) is 6.39. The summed E-state index contributed by atoms with van der Waals surface area (Å²) in [5.41, 5.74) is 2.81. The minimum atomic E-state index is -0.318. The van der Waals surface area contributed by atoms with Gasteiger partial charge >= 0.3 is 5.97 Å². The first-order valence-electron chi connectivity index (χ1n) is 8.06. The molecule has 3 heteroatoms. The first-order valence-corrected chi connectivity index (χ1v) is 8.06.